The van der Waals surface area contributed by atoms with Crippen LogP contribution in [-0.4, -0.2) is 19.6 Å². The van der Waals surface area contributed by atoms with Crippen LogP contribution in [0.5, 0.6) is 0 Å². The van der Waals surface area contributed by atoms with Gasteiger partial charge >= 0.3 is 0 Å². The quantitative estimate of drug-likeness (QED) is 0.672. The normalized spacial score (nSPS) is 17.5. The molecule has 0 saturated carbocycles. The molecule has 1 aliphatic rings. The van der Waals surface area contributed by atoms with Gasteiger partial charge in [-0.25, -0.2) is 4.98 Å². The van der Waals surface area contributed by atoms with Crippen molar-refractivity contribution in [2.75, 3.05) is 0 Å². The summed E-state index contributed by atoms with van der Waals surface area (Å²) in [5, 5.41) is 8.77. The Labute approximate surface area is 108 Å². The summed E-state index contributed by atoms with van der Waals surface area (Å²) in [5.41, 5.74) is 3.35. The van der Waals surface area contributed by atoms with Gasteiger partial charge in [-0.05, 0) is 17.5 Å². The van der Waals surface area contributed by atoms with E-state index in [4.69, 9.17) is 11.6 Å². The van der Waals surface area contributed by atoms with Crippen LogP contribution in [0.2, 0.25) is 5.15 Å². The molecule has 0 saturated heterocycles. The van der Waals surface area contributed by atoms with Crippen LogP contribution < -0.4 is 0 Å². The van der Waals surface area contributed by atoms with Gasteiger partial charge in [0.05, 0.1) is 0 Å². The number of benzene rings is 1. The minimum atomic E-state index is 0.315. The van der Waals surface area contributed by atoms with Gasteiger partial charge in [0.1, 0.15) is 5.82 Å². The number of halogens is 1. The Hall–Kier alpha value is -1.94. The Balaban J connectivity index is 1.89. The zero-order valence-electron chi connectivity index (χ0n) is 9.42. The van der Waals surface area contributed by atoms with Crippen LogP contribution in [0.1, 0.15) is 22.9 Å². The van der Waals surface area contributed by atoms with Crippen molar-refractivity contribution < 1.29 is 0 Å². The Kier molecular flexibility index (Phi) is 1.96. The summed E-state index contributed by atoms with van der Waals surface area (Å²) in [6.45, 7) is 0. The maximum atomic E-state index is 6.00. The molecule has 1 aromatic carbocycles. The molecule has 0 bridgehead atoms. The fourth-order valence-corrected chi connectivity index (χ4v) is 2.73. The van der Waals surface area contributed by atoms with E-state index in [-0.39, 0.29) is 0 Å². The van der Waals surface area contributed by atoms with Crippen LogP contribution in [0.15, 0.2) is 36.7 Å². The lowest BCUT2D eigenvalue weighted by Crippen LogP contribution is -2.20. The number of hydrogen-bond donors (Lipinski definition) is 0. The minimum absolute atomic E-state index is 0.315. The van der Waals surface area contributed by atoms with Gasteiger partial charge in [-0.1, -0.05) is 35.9 Å². The molecule has 0 N–H and O–H groups in total. The van der Waals surface area contributed by atoms with Gasteiger partial charge in [-0.2, -0.15) is 0 Å². The third kappa shape index (κ3) is 1.24. The first-order valence-electron chi connectivity index (χ1n) is 5.77. The van der Waals surface area contributed by atoms with Crippen LogP contribution in [0.4, 0.5) is 0 Å². The summed E-state index contributed by atoms with van der Waals surface area (Å²) in [6, 6.07) is 8.43. The predicted octanol–water partition coefficient (Wildman–Crippen LogP) is 2.47. The number of nitrogens with zero attached hydrogens (tertiary/aromatic N) is 4. The Morgan fingerprint density at radius 3 is 3.00 bits per heavy atom. The van der Waals surface area contributed by atoms with Crippen molar-refractivity contribution in [1.82, 2.24) is 19.6 Å². The number of rotatable bonds is 1. The van der Waals surface area contributed by atoms with Gasteiger partial charge in [-0.3, -0.25) is 4.40 Å². The molecule has 2 aromatic heterocycles. The summed E-state index contributed by atoms with van der Waals surface area (Å²) in [5.74, 6) is 1.25. The monoisotopic (exact) mass is 256 g/mol. The number of fused-ring (bicyclic) bond motifs is 2. The van der Waals surface area contributed by atoms with Crippen molar-refractivity contribution in [1.29, 1.82) is 0 Å². The van der Waals surface area contributed by atoms with Crippen LogP contribution >= 0.6 is 11.6 Å². The van der Waals surface area contributed by atoms with Gasteiger partial charge in [0.2, 0.25) is 0 Å². The standard InChI is InChI=1S/C13H9ClN4/c14-11-13-17-16-12(18(13)6-5-15-11)10-7-8-3-1-2-4-9(8)10/h1-6,10H,7H2. The third-order valence-electron chi connectivity index (χ3n) is 3.48. The number of aromatic nitrogens is 4. The summed E-state index contributed by atoms with van der Waals surface area (Å²) >= 11 is 6.00. The summed E-state index contributed by atoms with van der Waals surface area (Å²) in [4.78, 5) is 4.01. The van der Waals surface area contributed by atoms with Crippen LogP contribution in [0.25, 0.3) is 5.65 Å². The van der Waals surface area contributed by atoms with Crippen molar-refractivity contribution >= 4 is 17.2 Å². The van der Waals surface area contributed by atoms with E-state index in [9.17, 15) is 0 Å². The van der Waals surface area contributed by atoms with E-state index in [1.165, 1.54) is 11.1 Å². The van der Waals surface area contributed by atoms with Gasteiger partial charge in [0, 0.05) is 18.3 Å². The van der Waals surface area contributed by atoms with Gasteiger partial charge in [0.15, 0.2) is 10.8 Å². The maximum absolute atomic E-state index is 6.00. The molecule has 1 aliphatic carbocycles. The molecule has 3 aromatic rings. The van der Waals surface area contributed by atoms with Gasteiger partial charge in [-0.15, -0.1) is 10.2 Å². The first-order chi connectivity index (χ1) is 8.84. The van der Waals surface area contributed by atoms with Gasteiger partial charge in [0.25, 0.3) is 0 Å². The van der Waals surface area contributed by atoms with Crippen LogP contribution in [-0.2, 0) is 6.42 Å². The lowest BCUT2D eigenvalue weighted by Gasteiger charge is -2.28. The highest BCUT2D eigenvalue weighted by Crippen LogP contribution is 2.39. The second-order valence-corrected chi connectivity index (χ2v) is 4.78. The molecular formula is C13H9ClN4. The van der Waals surface area contributed by atoms with Crippen molar-refractivity contribution in [3.05, 3.63) is 58.8 Å². The molecule has 1 unspecified atom stereocenters. The zero-order valence-corrected chi connectivity index (χ0v) is 10.2. The molecule has 4 rings (SSSR count). The highest BCUT2D eigenvalue weighted by Gasteiger charge is 2.31. The molecular weight excluding hydrogens is 248 g/mol. The van der Waals surface area contributed by atoms with E-state index in [1.54, 1.807) is 6.20 Å². The highest BCUT2D eigenvalue weighted by molar-refractivity contribution is 6.32. The van der Waals surface area contributed by atoms with Crippen molar-refractivity contribution in [3.63, 3.8) is 0 Å². The van der Waals surface area contributed by atoms with E-state index in [1.807, 2.05) is 10.6 Å². The van der Waals surface area contributed by atoms with Crippen LogP contribution in [0, 0.1) is 0 Å². The van der Waals surface area contributed by atoms with Crippen molar-refractivity contribution in [2.24, 2.45) is 0 Å². The summed E-state index contributed by atoms with van der Waals surface area (Å²) in [7, 11) is 0. The molecule has 88 valence electrons. The van der Waals surface area contributed by atoms with E-state index in [0.717, 1.165) is 12.2 Å². The molecule has 1 atom stereocenters. The maximum Gasteiger partial charge on any atom is 0.198 e. The lowest BCUT2D eigenvalue weighted by atomic mass is 9.77. The Bertz CT molecular complexity index is 750. The van der Waals surface area contributed by atoms with Crippen molar-refractivity contribution in [3.8, 4) is 0 Å². The molecule has 0 aliphatic heterocycles. The first-order valence-corrected chi connectivity index (χ1v) is 6.15. The third-order valence-corrected chi connectivity index (χ3v) is 3.74. The molecule has 2 heterocycles. The first kappa shape index (κ1) is 10.0. The number of hydrogen-bond acceptors (Lipinski definition) is 3. The smallest absolute Gasteiger partial charge is 0.198 e. The van der Waals surface area contributed by atoms with Crippen molar-refractivity contribution in [2.45, 2.75) is 12.3 Å². The minimum Gasteiger partial charge on any atom is -0.282 e. The Morgan fingerprint density at radius 1 is 1.22 bits per heavy atom. The predicted molar refractivity (Wildman–Crippen MR) is 67.8 cm³/mol. The fraction of sp³-hybridized carbons (Fsp3) is 0.154. The average molecular weight is 257 g/mol. The lowest BCUT2D eigenvalue weighted by molar-refractivity contribution is 0.651. The molecule has 4 nitrogen and oxygen atoms in total. The van der Waals surface area contributed by atoms with Gasteiger partial charge < -0.3 is 0 Å². The molecule has 0 spiro atoms. The topological polar surface area (TPSA) is 43.1 Å². The average Bonchev–Trinajstić information content (AvgIpc) is 2.76. The molecule has 0 fully saturated rings. The second kappa shape index (κ2) is 3.53. The second-order valence-electron chi connectivity index (χ2n) is 4.43. The van der Waals surface area contributed by atoms with E-state index < -0.39 is 0 Å². The molecule has 18 heavy (non-hydrogen) atoms. The fourth-order valence-electron chi connectivity index (χ4n) is 2.54. The molecule has 0 radical (unpaired) electrons. The Morgan fingerprint density at radius 2 is 2.11 bits per heavy atom. The van der Waals surface area contributed by atoms with E-state index >= 15 is 0 Å². The molecule has 0 amide bonds. The highest BCUT2D eigenvalue weighted by atomic mass is 35.5. The van der Waals surface area contributed by atoms with Crippen LogP contribution in [0.3, 0.4) is 0 Å². The van der Waals surface area contributed by atoms with E-state index in [2.05, 4.69) is 39.4 Å². The largest absolute Gasteiger partial charge is 0.282 e. The summed E-state index contributed by atoms with van der Waals surface area (Å²) in [6.07, 6.45) is 4.54. The summed E-state index contributed by atoms with van der Waals surface area (Å²) < 4.78 is 1.93. The molecule has 5 heteroatoms. The zero-order chi connectivity index (χ0) is 12.1. The van der Waals surface area contributed by atoms with E-state index in [0.29, 0.717) is 16.7 Å². The SMILES string of the molecule is Clc1nccn2c(C3Cc4ccccc43)nnc12.